The minimum atomic E-state index is -0.684. The Morgan fingerprint density at radius 1 is 1.46 bits per heavy atom. The number of amides is 1. The summed E-state index contributed by atoms with van der Waals surface area (Å²) in [7, 11) is 1.97. The van der Waals surface area contributed by atoms with E-state index < -0.39 is 17.8 Å². The van der Waals surface area contributed by atoms with E-state index in [0.717, 1.165) is 22.4 Å². The summed E-state index contributed by atoms with van der Waals surface area (Å²) in [6.07, 6.45) is 0.973. The topological polar surface area (TPSA) is 67.6 Å². The monoisotopic (exact) mass is 359 g/mol. The number of imidazole rings is 1. The van der Waals surface area contributed by atoms with E-state index in [1.807, 2.05) is 57.5 Å². The number of aromatic nitrogens is 2. The standard InChI is InChI=1S/C20H29N3O3/c1-7-11-23(19(25)26-20(3,4)5)12-10-18(24)15-8-9-17-16(13-15)21-14(2)22(17)6/h7-9,13,18,24H,1,10-12H2,2-6H3/t18-/m0/s1. The SMILES string of the molecule is C=CCN(CC[C@H](O)c1ccc2c(c1)nc(C)n2C)C(=O)OC(C)(C)C. The molecule has 0 aliphatic rings. The largest absolute Gasteiger partial charge is 0.444 e. The number of carbonyl (C=O) groups is 1. The Labute approximate surface area is 155 Å². The number of aliphatic hydroxyl groups is 1. The zero-order valence-corrected chi connectivity index (χ0v) is 16.3. The number of nitrogens with zero attached hydrogens (tertiary/aromatic N) is 3. The summed E-state index contributed by atoms with van der Waals surface area (Å²) in [5.74, 6) is 0.925. The molecule has 1 atom stereocenters. The van der Waals surface area contributed by atoms with E-state index in [0.29, 0.717) is 19.5 Å². The van der Waals surface area contributed by atoms with E-state index in [9.17, 15) is 9.90 Å². The van der Waals surface area contributed by atoms with Gasteiger partial charge in [0.25, 0.3) is 0 Å². The van der Waals surface area contributed by atoms with E-state index >= 15 is 0 Å². The van der Waals surface area contributed by atoms with Gasteiger partial charge >= 0.3 is 6.09 Å². The average Bonchev–Trinajstić information content (AvgIpc) is 2.83. The molecule has 0 aliphatic heterocycles. The fraction of sp³-hybridized carbons (Fsp3) is 0.500. The van der Waals surface area contributed by atoms with Gasteiger partial charge in [0.15, 0.2) is 0 Å². The number of benzene rings is 1. The van der Waals surface area contributed by atoms with Crippen LogP contribution in [0.15, 0.2) is 30.9 Å². The minimum absolute atomic E-state index is 0.375. The van der Waals surface area contributed by atoms with E-state index in [1.54, 1.807) is 11.0 Å². The summed E-state index contributed by atoms with van der Waals surface area (Å²) < 4.78 is 7.42. The van der Waals surface area contributed by atoms with Crippen molar-refractivity contribution in [3.05, 3.63) is 42.2 Å². The van der Waals surface area contributed by atoms with Crippen molar-refractivity contribution in [1.29, 1.82) is 0 Å². The second-order valence-corrected chi connectivity index (χ2v) is 7.49. The predicted molar refractivity (Wildman–Crippen MR) is 103 cm³/mol. The lowest BCUT2D eigenvalue weighted by molar-refractivity contribution is 0.0244. The Bertz CT molecular complexity index is 789. The van der Waals surface area contributed by atoms with Gasteiger partial charge in [-0.15, -0.1) is 6.58 Å². The second kappa shape index (κ2) is 7.91. The van der Waals surface area contributed by atoms with Gasteiger partial charge in [-0.1, -0.05) is 12.1 Å². The van der Waals surface area contributed by atoms with Crippen LogP contribution in [0.3, 0.4) is 0 Å². The Morgan fingerprint density at radius 3 is 2.77 bits per heavy atom. The molecule has 0 bridgehead atoms. The number of aryl methyl sites for hydroxylation is 2. The molecule has 6 heteroatoms. The molecule has 0 spiro atoms. The normalized spacial score (nSPS) is 12.8. The molecule has 26 heavy (non-hydrogen) atoms. The summed E-state index contributed by atoms with van der Waals surface area (Å²) in [6.45, 7) is 11.9. The first-order chi connectivity index (χ1) is 12.1. The van der Waals surface area contributed by atoms with Crippen LogP contribution in [0.1, 0.15) is 44.7 Å². The number of aliphatic hydroxyl groups excluding tert-OH is 1. The van der Waals surface area contributed by atoms with Gasteiger partial charge in [0, 0.05) is 20.1 Å². The van der Waals surface area contributed by atoms with Crippen molar-refractivity contribution in [1.82, 2.24) is 14.5 Å². The molecule has 0 fully saturated rings. The third kappa shape index (κ3) is 4.85. The molecule has 1 amide bonds. The molecule has 1 N–H and O–H groups in total. The van der Waals surface area contributed by atoms with Crippen LogP contribution >= 0.6 is 0 Å². The van der Waals surface area contributed by atoms with Crippen LogP contribution in [0.5, 0.6) is 0 Å². The summed E-state index contributed by atoms with van der Waals surface area (Å²) in [5, 5.41) is 10.5. The van der Waals surface area contributed by atoms with E-state index in [-0.39, 0.29) is 0 Å². The highest BCUT2D eigenvalue weighted by Gasteiger charge is 2.22. The van der Waals surface area contributed by atoms with Crippen molar-refractivity contribution < 1.29 is 14.6 Å². The first kappa shape index (κ1) is 20.0. The van der Waals surface area contributed by atoms with Gasteiger partial charge in [0.2, 0.25) is 0 Å². The lowest BCUT2D eigenvalue weighted by atomic mass is 10.1. The Balaban J connectivity index is 2.06. The molecule has 0 aliphatic carbocycles. The fourth-order valence-corrected chi connectivity index (χ4v) is 2.73. The molecule has 0 unspecified atom stereocenters. The molecule has 0 radical (unpaired) electrons. The van der Waals surface area contributed by atoms with Crippen molar-refractivity contribution >= 4 is 17.1 Å². The average molecular weight is 359 g/mol. The van der Waals surface area contributed by atoms with Gasteiger partial charge in [0.05, 0.1) is 17.1 Å². The minimum Gasteiger partial charge on any atom is -0.444 e. The number of hydrogen-bond donors (Lipinski definition) is 1. The molecular weight excluding hydrogens is 330 g/mol. The molecular formula is C20H29N3O3. The zero-order valence-electron chi connectivity index (χ0n) is 16.3. The first-order valence-corrected chi connectivity index (χ1v) is 8.82. The van der Waals surface area contributed by atoms with Crippen molar-refractivity contribution in [2.75, 3.05) is 13.1 Å². The summed E-state index contributed by atoms with van der Waals surface area (Å²) in [4.78, 5) is 18.3. The molecule has 1 aromatic carbocycles. The van der Waals surface area contributed by atoms with Gasteiger partial charge < -0.3 is 19.3 Å². The van der Waals surface area contributed by atoms with E-state index in [4.69, 9.17) is 4.74 Å². The Hall–Kier alpha value is -2.34. The highest BCUT2D eigenvalue weighted by Crippen LogP contribution is 2.23. The van der Waals surface area contributed by atoms with Crippen molar-refractivity contribution in [2.24, 2.45) is 7.05 Å². The van der Waals surface area contributed by atoms with Crippen LogP contribution in [-0.2, 0) is 11.8 Å². The third-order valence-electron chi connectivity index (χ3n) is 4.19. The van der Waals surface area contributed by atoms with Crippen molar-refractivity contribution in [3.63, 3.8) is 0 Å². The third-order valence-corrected chi connectivity index (χ3v) is 4.19. The molecule has 1 aromatic heterocycles. The van der Waals surface area contributed by atoms with Crippen molar-refractivity contribution in [2.45, 2.75) is 45.8 Å². The fourth-order valence-electron chi connectivity index (χ4n) is 2.73. The van der Waals surface area contributed by atoms with Crippen LogP contribution in [0.25, 0.3) is 11.0 Å². The van der Waals surface area contributed by atoms with Crippen LogP contribution in [0.4, 0.5) is 4.79 Å². The second-order valence-electron chi connectivity index (χ2n) is 7.49. The van der Waals surface area contributed by atoms with Gasteiger partial charge in [-0.3, -0.25) is 0 Å². The van der Waals surface area contributed by atoms with Crippen LogP contribution in [0.2, 0.25) is 0 Å². The Kier molecular flexibility index (Phi) is 6.08. The molecule has 6 nitrogen and oxygen atoms in total. The number of hydrogen-bond acceptors (Lipinski definition) is 4. The zero-order chi connectivity index (χ0) is 19.5. The van der Waals surface area contributed by atoms with Crippen LogP contribution in [-0.4, -0.2) is 44.3 Å². The summed E-state index contributed by atoms with van der Waals surface area (Å²) in [6, 6.07) is 5.76. The van der Waals surface area contributed by atoms with Gasteiger partial charge in [-0.2, -0.15) is 0 Å². The summed E-state index contributed by atoms with van der Waals surface area (Å²) in [5.41, 5.74) is 2.12. The molecule has 142 valence electrons. The molecule has 1 heterocycles. The molecule has 2 aromatic rings. The molecule has 0 saturated carbocycles. The highest BCUT2D eigenvalue weighted by molar-refractivity contribution is 5.76. The highest BCUT2D eigenvalue weighted by atomic mass is 16.6. The molecule has 0 saturated heterocycles. The number of carbonyl (C=O) groups excluding carboxylic acids is 1. The van der Waals surface area contributed by atoms with Crippen LogP contribution in [0, 0.1) is 6.92 Å². The van der Waals surface area contributed by atoms with E-state index in [1.165, 1.54) is 0 Å². The van der Waals surface area contributed by atoms with Crippen LogP contribution < -0.4 is 0 Å². The Morgan fingerprint density at radius 2 is 2.15 bits per heavy atom. The van der Waals surface area contributed by atoms with Gasteiger partial charge in [0.1, 0.15) is 11.4 Å². The van der Waals surface area contributed by atoms with Gasteiger partial charge in [-0.25, -0.2) is 9.78 Å². The summed E-state index contributed by atoms with van der Waals surface area (Å²) >= 11 is 0. The van der Waals surface area contributed by atoms with Gasteiger partial charge in [-0.05, 0) is 51.8 Å². The maximum atomic E-state index is 12.3. The number of fused-ring (bicyclic) bond motifs is 1. The maximum absolute atomic E-state index is 12.3. The molecule has 2 rings (SSSR count). The van der Waals surface area contributed by atoms with Crippen molar-refractivity contribution in [3.8, 4) is 0 Å². The first-order valence-electron chi connectivity index (χ1n) is 8.82. The predicted octanol–water partition coefficient (Wildman–Crippen LogP) is 3.73. The lowest BCUT2D eigenvalue weighted by Gasteiger charge is -2.27. The number of ether oxygens (including phenoxy) is 1. The number of rotatable bonds is 6. The quantitative estimate of drug-likeness (QED) is 0.798. The maximum Gasteiger partial charge on any atom is 0.410 e. The lowest BCUT2D eigenvalue weighted by Crippen LogP contribution is -2.38. The smallest absolute Gasteiger partial charge is 0.410 e. The van der Waals surface area contributed by atoms with E-state index in [2.05, 4.69) is 11.6 Å².